The third kappa shape index (κ3) is 6.49. The van der Waals surface area contributed by atoms with Gasteiger partial charge in [-0.3, -0.25) is 21.5 Å². The van der Waals surface area contributed by atoms with E-state index in [2.05, 4.69) is 47.3 Å². The van der Waals surface area contributed by atoms with Gasteiger partial charge in [-0.15, -0.1) is 0 Å². The number of hydrogen-bond acceptors (Lipinski definition) is 8. The summed E-state index contributed by atoms with van der Waals surface area (Å²) in [6, 6.07) is -2.03. The molecule has 4 heterocycles. The largest absolute Gasteiger partial charge is 0.406 e. The van der Waals surface area contributed by atoms with Crippen molar-refractivity contribution in [1.82, 2.24) is 41.3 Å². The summed E-state index contributed by atoms with van der Waals surface area (Å²) in [5, 5.41) is 19.6. The molecule has 0 spiro atoms. The second kappa shape index (κ2) is 12.2. The number of ether oxygens (including phenoxy) is 1. The van der Waals surface area contributed by atoms with Crippen LogP contribution in [0.4, 0.5) is 26.3 Å². The van der Waals surface area contributed by atoms with Gasteiger partial charge in [-0.1, -0.05) is 6.92 Å². The summed E-state index contributed by atoms with van der Waals surface area (Å²) in [4.78, 5) is 2.94. The first-order chi connectivity index (χ1) is 19.7. The fourth-order valence-corrected chi connectivity index (χ4v) is 7.59. The molecule has 5 rings (SSSR count). The Bertz CT molecular complexity index is 946. The van der Waals surface area contributed by atoms with Crippen molar-refractivity contribution in [2.45, 2.75) is 114 Å². The molecule has 242 valence electrons. The highest BCUT2D eigenvalue weighted by Gasteiger charge is 2.53. The average Bonchev–Trinajstić information content (AvgIpc) is 3.59. The normalized spacial score (nSPS) is 39.1. The molecular weight excluding hydrogens is 568 g/mol. The lowest BCUT2D eigenvalue weighted by Gasteiger charge is -2.45. The third-order valence-electron chi connectivity index (χ3n) is 9.67. The molecule has 0 aromatic heterocycles. The van der Waals surface area contributed by atoms with Crippen LogP contribution in [0.2, 0.25) is 0 Å². The van der Waals surface area contributed by atoms with Crippen LogP contribution in [0.1, 0.15) is 52.9 Å². The molecule has 7 atom stereocenters. The second-order valence-electron chi connectivity index (χ2n) is 12.8. The van der Waals surface area contributed by atoms with Crippen molar-refractivity contribution in [2.75, 3.05) is 33.3 Å². The zero-order valence-corrected chi connectivity index (χ0v) is 24.6. The number of hydrogen-bond donors (Lipinski definition) is 5. The van der Waals surface area contributed by atoms with Gasteiger partial charge in [0.15, 0.2) is 5.96 Å². The van der Waals surface area contributed by atoms with Crippen LogP contribution in [0.15, 0.2) is 0 Å². The van der Waals surface area contributed by atoms with Gasteiger partial charge in [0, 0.05) is 45.2 Å². The zero-order chi connectivity index (χ0) is 30.6. The Hall–Kier alpha value is -1.43. The number of halogens is 6. The first-order valence-electron chi connectivity index (χ1n) is 15.0. The molecule has 5 aliphatic rings. The molecule has 1 aliphatic carbocycles. The van der Waals surface area contributed by atoms with Crippen LogP contribution in [0.3, 0.4) is 0 Å². The molecule has 10 nitrogen and oxygen atoms in total. The van der Waals surface area contributed by atoms with E-state index < -0.39 is 43.4 Å². The lowest BCUT2D eigenvalue weighted by Crippen LogP contribution is -2.71. The Balaban J connectivity index is 1.26. The van der Waals surface area contributed by atoms with Crippen molar-refractivity contribution >= 4 is 5.96 Å². The van der Waals surface area contributed by atoms with Crippen LogP contribution in [-0.2, 0) is 4.74 Å². The minimum atomic E-state index is -4.45. The molecule has 42 heavy (non-hydrogen) atoms. The number of alkyl halides is 6. The Kier molecular flexibility index (Phi) is 9.26. The van der Waals surface area contributed by atoms with E-state index in [1.54, 1.807) is 9.91 Å². The van der Waals surface area contributed by atoms with E-state index in [1.807, 2.05) is 0 Å². The number of fused-ring (bicyclic) bond motifs is 1. The smallest absolute Gasteiger partial charge is 0.365 e. The second-order valence-corrected chi connectivity index (χ2v) is 12.8. The van der Waals surface area contributed by atoms with Crippen LogP contribution in [0.5, 0.6) is 0 Å². The topological polar surface area (TPSA) is 94.2 Å². The average molecular weight is 614 g/mol. The summed E-state index contributed by atoms with van der Waals surface area (Å²) in [6.07, 6.45) is -7.63. The van der Waals surface area contributed by atoms with E-state index in [-0.39, 0.29) is 42.6 Å². The molecule has 0 aromatic rings. The number of guanidine groups is 1. The van der Waals surface area contributed by atoms with Gasteiger partial charge in [0.25, 0.3) is 0 Å². The van der Waals surface area contributed by atoms with Gasteiger partial charge in [-0.05, 0) is 51.4 Å². The van der Waals surface area contributed by atoms with Crippen molar-refractivity contribution in [1.29, 1.82) is 5.41 Å². The van der Waals surface area contributed by atoms with Crippen LogP contribution in [0.25, 0.3) is 0 Å². The highest BCUT2D eigenvalue weighted by Crippen LogP contribution is 2.37. The minimum Gasteiger partial charge on any atom is -0.365 e. The molecule has 0 aromatic carbocycles. The maximum absolute atomic E-state index is 13.6. The van der Waals surface area contributed by atoms with Crippen molar-refractivity contribution in [3.8, 4) is 0 Å². The molecule has 16 heteroatoms. The van der Waals surface area contributed by atoms with E-state index in [0.717, 1.165) is 11.4 Å². The van der Waals surface area contributed by atoms with Crippen molar-refractivity contribution in [2.24, 2.45) is 11.8 Å². The van der Waals surface area contributed by atoms with E-state index in [4.69, 9.17) is 10.1 Å². The van der Waals surface area contributed by atoms with Crippen molar-refractivity contribution in [3.05, 3.63) is 0 Å². The molecule has 0 radical (unpaired) electrons. The summed E-state index contributed by atoms with van der Waals surface area (Å²) < 4.78 is 86.2. The first kappa shape index (κ1) is 32.0. The predicted molar refractivity (Wildman–Crippen MR) is 144 cm³/mol. The van der Waals surface area contributed by atoms with Crippen LogP contribution in [0, 0.1) is 17.2 Å². The quantitative estimate of drug-likeness (QED) is 0.277. The standard InChI is InChI=1S/C26H45F6N9O/c1-14(2)40-21(15(3)10-35-40)22-34-11-18-23(36-22)38(24(33)39(18)13-25(27,28)29)12-16-5-7-17(8-6-16)41-20(42-4)9-19(37-41)26(30,31)32/h14-23,33-37H,5-13H2,1-4H3. The number of hydrazine groups is 2. The Morgan fingerprint density at radius 1 is 1.02 bits per heavy atom. The molecule has 4 aliphatic heterocycles. The van der Waals surface area contributed by atoms with Gasteiger partial charge in [-0.25, -0.2) is 15.4 Å². The highest BCUT2D eigenvalue weighted by molar-refractivity contribution is 5.80. The SMILES string of the molecule is COC1CC(C(F)(F)F)NN1C1CCC(CN2C(=N)N(CC(F)(F)F)C3CNC(C4C(C)CNN4C(C)C)NC32)CC1. The maximum atomic E-state index is 13.6. The lowest BCUT2D eigenvalue weighted by molar-refractivity contribution is -0.158. The maximum Gasteiger partial charge on any atom is 0.406 e. The highest BCUT2D eigenvalue weighted by atomic mass is 19.4. The fourth-order valence-electron chi connectivity index (χ4n) is 7.59. The summed E-state index contributed by atoms with van der Waals surface area (Å²) in [5.74, 6) is 0.271. The Morgan fingerprint density at radius 2 is 1.71 bits per heavy atom. The molecule has 0 bridgehead atoms. The summed E-state index contributed by atoms with van der Waals surface area (Å²) in [7, 11) is 1.41. The Labute approximate surface area is 243 Å². The van der Waals surface area contributed by atoms with Crippen LogP contribution in [-0.4, -0.2) is 120 Å². The lowest BCUT2D eigenvalue weighted by atomic mass is 9.85. The molecule has 4 saturated heterocycles. The van der Waals surface area contributed by atoms with Crippen molar-refractivity contribution in [3.63, 3.8) is 0 Å². The van der Waals surface area contributed by atoms with Gasteiger partial charge in [0.05, 0.1) is 18.2 Å². The molecule has 0 amide bonds. The molecule has 1 saturated carbocycles. The predicted octanol–water partition coefficient (Wildman–Crippen LogP) is 2.22. The molecular formula is C26H45F6N9O. The van der Waals surface area contributed by atoms with E-state index in [1.165, 1.54) is 7.11 Å². The fraction of sp³-hybridized carbons (Fsp3) is 0.962. The van der Waals surface area contributed by atoms with Gasteiger partial charge >= 0.3 is 12.4 Å². The van der Waals surface area contributed by atoms with Crippen LogP contribution < -0.4 is 21.5 Å². The summed E-state index contributed by atoms with van der Waals surface area (Å²) in [6.45, 7) is 6.69. The van der Waals surface area contributed by atoms with E-state index in [9.17, 15) is 26.3 Å². The van der Waals surface area contributed by atoms with Gasteiger partial charge < -0.3 is 14.5 Å². The minimum absolute atomic E-state index is 0.0799. The monoisotopic (exact) mass is 613 g/mol. The Morgan fingerprint density at radius 3 is 2.31 bits per heavy atom. The van der Waals surface area contributed by atoms with E-state index >= 15 is 0 Å². The van der Waals surface area contributed by atoms with Crippen LogP contribution >= 0.6 is 0 Å². The molecule has 5 fully saturated rings. The van der Waals surface area contributed by atoms with Crippen molar-refractivity contribution < 1.29 is 31.1 Å². The number of nitrogens with zero attached hydrogens (tertiary/aromatic N) is 4. The number of rotatable bonds is 7. The zero-order valence-electron chi connectivity index (χ0n) is 24.6. The molecule has 7 unspecified atom stereocenters. The molecule has 5 N–H and O–H groups in total. The summed E-state index contributed by atoms with van der Waals surface area (Å²) >= 11 is 0. The first-order valence-corrected chi connectivity index (χ1v) is 15.0. The van der Waals surface area contributed by atoms with Gasteiger partial charge in [0.1, 0.15) is 25.0 Å². The van der Waals surface area contributed by atoms with Gasteiger partial charge in [-0.2, -0.15) is 26.3 Å². The summed E-state index contributed by atoms with van der Waals surface area (Å²) in [5.41, 5.74) is 6.05. The van der Waals surface area contributed by atoms with Gasteiger partial charge in [0.2, 0.25) is 0 Å². The number of nitrogens with one attached hydrogen (secondary N) is 5. The number of methoxy groups -OCH3 is 1. The van der Waals surface area contributed by atoms with E-state index in [0.29, 0.717) is 44.7 Å². The third-order valence-corrected chi connectivity index (χ3v) is 9.67.